The number of hydrogen-bond donors (Lipinski definition) is 0. The molecular formula is C15H20F2N4O. The minimum absolute atomic E-state index is 0.208. The van der Waals surface area contributed by atoms with Crippen LogP contribution in [0.2, 0.25) is 0 Å². The van der Waals surface area contributed by atoms with Crippen molar-refractivity contribution in [3.63, 3.8) is 0 Å². The van der Waals surface area contributed by atoms with E-state index in [0.717, 1.165) is 18.8 Å². The van der Waals surface area contributed by atoms with Crippen molar-refractivity contribution in [3.8, 4) is 5.75 Å². The second kappa shape index (κ2) is 7.84. The largest absolute Gasteiger partial charge is 0.434 e. The van der Waals surface area contributed by atoms with Gasteiger partial charge in [0.15, 0.2) is 0 Å². The molecule has 1 heterocycles. The van der Waals surface area contributed by atoms with Crippen LogP contribution < -0.4 is 4.74 Å². The van der Waals surface area contributed by atoms with Crippen LogP contribution >= 0.6 is 0 Å². The molecule has 0 aliphatic carbocycles. The first kappa shape index (κ1) is 16.4. The van der Waals surface area contributed by atoms with Gasteiger partial charge in [-0.1, -0.05) is 25.1 Å². The lowest BCUT2D eigenvalue weighted by atomic mass is 10.2. The molecule has 0 fully saturated rings. The molecular weight excluding hydrogens is 290 g/mol. The molecule has 0 bridgehead atoms. The Bertz CT molecular complexity index is 588. The number of aromatic nitrogens is 3. The average molecular weight is 310 g/mol. The SMILES string of the molecule is CCCn1cnnc1CN(C)Cc1ccccc1OC(F)F. The van der Waals surface area contributed by atoms with Crippen LogP contribution in [-0.4, -0.2) is 33.3 Å². The van der Waals surface area contributed by atoms with Crippen LogP contribution in [0.4, 0.5) is 8.78 Å². The van der Waals surface area contributed by atoms with E-state index in [-0.39, 0.29) is 5.75 Å². The maximum absolute atomic E-state index is 12.4. The van der Waals surface area contributed by atoms with Crippen LogP contribution in [-0.2, 0) is 19.6 Å². The minimum Gasteiger partial charge on any atom is -0.434 e. The van der Waals surface area contributed by atoms with Crippen LogP contribution in [0.5, 0.6) is 5.75 Å². The summed E-state index contributed by atoms with van der Waals surface area (Å²) >= 11 is 0. The summed E-state index contributed by atoms with van der Waals surface area (Å²) in [6.07, 6.45) is 2.71. The molecule has 0 aliphatic heterocycles. The van der Waals surface area contributed by atoms with E-state index in [1.165, 1.54) is 0 Å². The van der Waals surface area contributed by atoms with Gasteiger partial charge in [-0.25, -0.2) is 0 Å². The van der Waals surface area contributed by atoms with Crippen LogP contribution in [0.3, 0.4) is 0 Å². The monoisotopic (exact) mass is 310 g/mol. The quantitative estimate of drug-likeness (QED) is 0.752. The molecule has 1 aromatic carbocycles. The highest BCUT2D eigenvalue weighted by atomic mass is 19.3. The predicted octanol–water partition coefficient (Wildman–Crippen LogP) is 2.92. The van der Waals surface area contributed by atoms with Gasteiger partial charge in [-0.3, -0.25) is 4.90 Å². The Morgan fingerprint density at radius 3 is 2.77 bits per heavy atom. The molecule has 0 N–H and O–H groups in total. The van der Waals surface area contributed by atoms with Crippen molar-refractivity contribution in [3.05, 3.63) is 42.0 Å². The van der Waals surface area contributed by atoms with E-state index in [2.05, 4.69) is 21.9 Å². The summed E-state index contributed by atoms with van der Waals surface area (Å²) in [6.45, 7) is 1.21. The van der Waals surface area contributed by atoms with E-state index in [1.807, 2.05) is 16.5 Å². The lowest BCUT2D eigenvalue weighted by Crippen LogP contribution is -2.21. The van der Waals surface area contributed by atoms with Gasteiger partial charge in [0, 0.05) is 18.7 Å². The molecule has 5 nitrogen and oxygen atoms in total. The van der Waals surface area contributed by atoms with Crippen molar-refractivity contribution in [1.82, 2.24) is 19.7 Å². The number of rotatable bonds is 8. The van der Waals surface area contributed by atoms with Gasteiger partial charge in [-0.05, 0) is 19.5 Å². The molecule has 22 heavy (non-hydrogen) atoms. The number of nitrogens with zero attached hydrogens (tertiary/aromatic N) is 4. The van der Waals surface area contributed by atoms with E-state index in [9.17, 15) is 8.78 Å². The number of alkyl halides is 2. The Kier molecular flexibility index (Phi) is 5.83. The third-order valence-electron chi connectivity index (χ3n) is 3.20. The van der Waals surface area contributed by atoms with E-state index < -0.39 is 6.61 Å². The first-order valence-electron chi connectivity index (χ1n) is 7.18. The molecule has 7 heteroatoms. The first-order valence-corrected chi connectivity index (χ1v) is 7.18. The number of hydrogen-bond acceptors (Lipinski definition) is 4. The second-order valence-electron chi connectivity index (χ2n) is 5.10. The molecule has 0 saturated heterocycles. The Labute approximate surface area is 128 Å². The third kappa shape index (κ3) is 4.49. The Morgan fingerprint density at radius 1 is 1.27 bits per heavy atom. The van der Waals surface area contributed by atoms with Crippen molar-refractivity contribution in [1.29, 1.82) is 0 Å². The average Bonchev–Trinajstić information content (AvgIpc) is 2.88. The van der Waals surface area contributed by atoms with E-state index in [0.29, 0.717) is 18.7 Å². The molecule has 0 saturated carbocycles. The Hall–Kier alpha value is -2.02. The Balaban J connectivity index is 2.02. The van der Waals surface area contributed by atoms with Crippen LogP contribution in [0.1, 0.15) is 24.7 Å². The fraction of sp³-hybridized carbons (Fsp3) is 0.467. The zero-order chi connectivity index (χ0) is 15.9. The summed E-state index contributed by atoms with van der Waals surface area (Å²) in [5, 5.41) is 8.03. The van der Waals surface area contributed by atoms with Gasteiger partial charge < -0.3 is 9.30 Å². The third-order valence-corrected chi connectivity index (χ3v) is 3.20. The van der Waals surface area contributed by atoms with E-state index in [1.54, 1.807) is 30.6 Å². The standard InChI is InChI=1S/C15H20F2N4O/c1-3-8-21-11-18-19-14(21)10-20(2)9-12-6-4-5-7-13(12)22-15(16)17/h4-7,11,15H,3,8-10H2,1-2H3. The molecule has 0 unspecified atom stereocenters. The van der Waals surface area contributed by atoms with Gasteiger partial charge in [0.05, 0.1) is 6.54 Å². The summed E-state index contributed by atoms with van der Waals surface area (Å²) in [5.41, 5.74) is 0.715. The predicted molar refractivity (Wildman–Crippen MR) is 78.6 cm³/mol. The summed E-state index contributed by atoms with van der Waals surface area (Å²) in [6, 6.07) is 6.82. The zero-order valence-electron chi connectivity index (χ0n) is 12.7. The number of benzene rings is 1. The van der Waals surface area contributed by atoms with Crippen molar-refractivity contribution >= 4 is 0 Å². The normalized spacial score (nSPS) is 11.4. The van der Waals surface area contributed by atoms with Gasteiger partial charge in [-0.2, -0.15) is 8.78 Å². The molecule has 120 valence electrons. The number of halogens is 2. The highest BCUT2D eigenvalue weighted by Crippen LogP contribution is 2.21. The fourth-order valence-corrected chi connectivity index (χ4v) is 2.26. The molecule has 2 aromatic rings. The van der Waals surface area contributed by atoms with Gasteiger partial charge >= 0.3 is 6.61 Å². The van der Waals surface area contributed by atoms with E-state index in [4.69, 9.17) is 0 Å². The molecule has 2 rings (SSSR count). The summed E-state index contributed by atoms with van der Waals surface area (Å²) in [7, 11) is 1.91. The molecule has 0 spiro atoms. The maximum atomic E-state index is 12.4. The first-order chi connectivity index (χ1) is 10.6. The summed E-state index contributed by atoms with van der Waals surface area (Å²) in [5.74, 6) is 1.07. The summed E-state index contributed by atoms with van der Waals surface area (Å²) in [4.78, 5) is 1.99. The molecule has 0 atom stereocenters. The van der Waals surface area contributed by atoms with Crippen molar-refractivity contribution in [2.45, 2.75) is 39.6 Å². The van der Waals surface area contributed by atoms with Crippen molar-refractivity contribution in [2.24, 2.45) is 0 Å². The maximum Gasteiger partial charge on any atom is 0.387 e. The zero-order valence-corrected chi connectivity index (χ0v) is 12.7. The van der Waals surface area contributed by atoms with Crippen LogP contribution in [0.25, 0.3) is 0 Å². The van der Waals surface area contributed by atoms with Crippen LogP contribution in [0.15, 0.2) is 30.6 Å². The number of aryl methyl sites for hydroxylation is 1. The fourth-order valence-electron chi connectivity index (χ4n) is 2.26. The van der Waals surface area contributed by atoms with Gasteiger partial charge in [-0.15, -0.1) is 10.2 Å². The van der Waals surface area contributed by atoms with E-state index >= 15 is 0 Å². The van der Waals surface area contributed by atoms with Crippen molar-refractivity contribution < 1.29 is 13.5 Å². The van der Waals surface area contributed by atoms with Gasteiger partial charge in [0.1, 0.15) is 17.9 Å². The lowest BCUT2D eigenvalue weighted by molar-refractivity contribution is -0.0507. The Morgan fingerprint density at radius 2 is 2.05 bits per heavy atom. The molecule has 1 aromatic heterocycles. The molecule has 0 radical (unpaired) electrons. The highest BCUT2D eigenvalue weighted by molar-refractivity contribution is 5.33. The number of ether oxygens (including phenoxy) is 1. The van der Waals surface area contributed by atoms with Crippen LogP contribution in [0, 0.1) is 0 Å². The topological polar surface area (TPSA) is 43.2 Å². The number of para-hydroxylation sites is 1. The van der Waals surface area contributed by atoms with Gasteiger partial charge in [0.2, 0.25) is 0 Å². The summed E-state index contributed by atoms with van der Waals surface area (Å²) < 4.78 is 31.4. The molecule has 0 amide bonds. The van der Waals surface area contributed by atoms with Crippen molar-refractivity contribution in [2.75, 3.05) is 7.05 Å². The molecule has 0 aliphatic rings. The smallest absolute Gasteiger partial charge is 0.387 e. The second-order valence-corrected chi connectivity index (χ2v) is 5.10. The lowest BCUT2D eigenvalue weighted by Gasteiger charge is -2.18. The highest BCUT2D eigenvalue weighted by Gasteiger charge is 2.12. The van der Waals surface area contributed by atoms with Gasteiger partial charge in [0.25, 0.3) is 0 Å². The minimum atomic E-state index is -2.82.